The van der Waals surface area contributed by atoms with Gasteiger partial charge in [-0.1, -0.05) is 43.0 Å². The monoisotopic (exact) mass is 322 g/mol. The van der Waals surface area contributed by atoms with E-state index in [1.54, 1.807) is 6.08 Å². The summed E-state index contributed by atoms with van der Waals surface area (Å²) in [4.78, 5) is 0. The highest BCUT2D eigenvalue weighted by Crippen LogP contribution is 2.48. The lowest BCUT2D eigenvalue weighted by Gasteiger charge is -2.49. The fourth-order valence-corrected chi connectivity index (χ4v) is 3.40. The SMILES string of the molecule is C=CC[C@@]1(O)CC(=C)[C@H](O)[C@@](OCCCl)(c2ccccc2)C1. The van der Waals surface area contributed by atoms with Gasteiger partial charge in [0.25, 0.3) is 0 Å². The molecule has 0 amide bonds. The molecular formula is C18H23ClO3. The van der Waals surface area contributed by atoms with Crippen LogP contribution in [-0.2, 0) is 10.3 Å². The standard InChI is InChI=1S/C18H23ClO3/c1-3-9-17(21)12-14(2)16(20)18(13-17,22-11-10-19)15-7-5-4-6-8-15/h3-8,16,20-21H,1-2,9-13H2/t16-,17+,18-/m0/s1. The van der Waals surface area contributed by atoms with Crippen LogP contribution in [-0.4, -0.2) is 34.4 Å². The molecule has 0 saturated heterocycles. The Morgan fingerprint density at radius 1 is 1.36 bits per heavy atom. The Morgan fingerprint density at radius 3 is 2.64 bits per heavy atom. The van der Waals surface area contributed by atoms with E-state index in [4.69, 9.17) is 16.3 Å². The fourth-order valence-electron chi connectivity index (χ4n) is 3.32. The molecule has 0 heterocycles. The third-order valence-electron chi connectivity index (χ3n) is 4.20. The highest BCUT2D eigenvalue weighted by molar-refractivity contribution is 6.17. The zero-order valence-corrected chi connectivity index (χ0v) is 13.4. The summed E-state index contributed by atoms with van der Waals surface area (Å²) in [5.41, 5.74) is -0.686. The molecule has 0 aliphatic heterocycles. The number of halogens is 1. The van der Waals surface area contributed by atoms with Crippen LogP contribution in [0.1, 0.15) is 24.8 Å². The minimum atomic E-state index is -1.04. The highest BCUT2D eigenvalue weighted by atomic mass is 35.5. The predicted octanol–water partition coefficient (Wildman–Crippen LogP) is 3.16. The first-order valence-corrected chi connectivity index (χ1v) is 7.95. The van der Waals surface area contributed by atoms with Crippen molar-refractivity contribution in [2.24, 2.45) is 0 Å². The Morgan fingerprint density at radius 2 is 2.05 bits per heavy atom. The fraction of sp³-hybridized carbons (Fsp3) is 0.444. The molecule has 2 N–H and O–H groups in total. The Kier molecular flexibility index (Phi) is 5.45. The van der Waals surface area contributed by atoms with E-state index < -0.39 is 17.3 Å². The molecule has 0 radical (unpaired) electrons. The van der Waals surface area contributed by atoms with Crippen LogP contribution in [0.25, 0.3) is 0 Å². The zero-order valence-electron chi connectivity index (χ0n) is 12.7. The van der Waals surface area contributed by atoms with Crippen LogP contribution in [0.3, 0.4) is 0 Å². The van der Waals surface area contributed by atoms with E-state index in [1.165, 1.54) is 0 Å². The maximum atomic E-state index is 10.9. The van der Waals surface area contributed by atoms with Crippen LogP contribution < -0.4 is 0 Å². The summed E-state index contributed by atoms with van der Waals surface area (Å²) in [6, 6.07) is 9.46. The molecule has 120 valence electrons. The highest BCUT2D eigenvalue weighted by Gasteiger charge is 2.52. The molecular weight excluding hydrogens is 300 g/mol. The minimum Gasteiger partial charge on any atom is -0.389 e. The van der Waals surface area contributed by atoms with Crippen molar-refractivity contribution in [3.8, 4) is 0 Å². The normalized spacial score (nSPS) is 32.0. The maximum absolute atomic E-state index is 10.9. The summed E-state index contributed by atoms with van der Waals surface area (Å²) in [5.74, 6) is 0.313. The molecule has 1 fully saturated rings. The van der Waals surface area contributed by atoms with E-state index in [2.05, 4.69) is 13.2 Å². The average molecular weight is 323 g/mol. The van der Waals surface area contributed by atoms with Crippen molar-refractivity contribution < 1.29 is 14.9 Å². The molecule has 0 bridgehead atoms. The Labute approximate surface area is 136 Å². The largest absolute Gasteiger partial charge is 0.389 e. The number of rotatable bonds is 6. The van der Waals surface area contributed by atoms with Gasteiger partial charge in [-0.2, -0.15) is 0 Å². The van der Waals surface area contributed by atoms with Gasteiger partial charge in [-0.05, 0) is 24.0 Å². The molecule has 1 saturated carbocycles. The second-order valence-electron chi connectivity index (χ2n) is 5.92. The second-order valence-corrected chi connectivity index (χ2v) is 6.30. The Balaban J connectivity index is 2.48. The number of ether oxygens (including phenoxy) is 1. The smallest absolute Gasteiger partial charge is 0.125 e. The van der Waals surface area contributed by atoms with Gasteiger partial charge in [-0.15, -0.1) is 18.2 Å². The summed E-state index contributed by atoms with van der Waals surface area (Å²) in [5, 5.41) is 21.7. The molecule has 0 aromatic heterocycles. The molecule has 1 aromatic rings. The Bertz CT molecular complexity index is 530. The predicted molar refractivity (Wildman–Crippen MR) is 88.9 cm³/mol. The number of alkyl halides is 1. The summed E-state index contributed by atoms with van der Waals surface area (Å²) in [6.07, 6.45) is 1.81. The van der Waals surface area contributed by atoms with Crippen LogP contribution in [0.4, 0.5) is 0 Å². The van der Waals surface area contributed by atoms with Gasteiger partial charge in [0, 0.05) is 12.3 Å². The number of hydrogen-bond donors (Lipinski definition) is 2. The lowest BCUT2D eigenvalue weighted by molar-refractivity contribution is -0.173. The lowest BCUT2D eigenvalue weighted by atomic mass is 9.67. The van der Waals surface area contributed by atoms with Crippen molar-refractivity contribution in [1.29, 1.82) is 0 Å². The van der Waals surface area contributed by atoms with Gasteiger partial charge < -0.3 is 14.9 Å². The maximum Gasteiger partial charge on any atom is 0.125 e. The molecule has 1 aliphatic rings. The van der Waals surface area contributed by atoms with Gasteiger partial charge in [0.1, 0.15) is 11.7 Å². The van der Waals surface area contributed by atoms with Crippen LogP contribution in [0.15, 0.2) is 55.1 Å². The van der Waals surface area contributed by atoms with Crippen molar-refractivity contribution in [2.75, 3.05) is 12.5 Å². The van der Waals surface area contributed by atoms with E-state index in [0.717, 1.165) is 5.56 Å². The topological polar surface area (TPSA) is 49.7 Å². The Hall–Kier alpha value is -1.13. The van der Waals surface area contributed by atoms with Crippen LogP contribution in [0, 0.1) is 0 Å². The van der Waals surface area contributed by atoms with Crippen LogP contribution >= 0.6 is 11.6 Å². The average Bonchev–Trinajstić information content (AvgIpc) is 2.50. The third kappa shape index (κ3) is 3.28. The van der Waals surface area contributed by atoms with Crippen molar-refractivity contribution in [3.63, 3.8) is 0 Å². The number of aliphatic hydroxyl groups excluding tert-OH is 1. The molecule has 22 heavy (non-hydrogen) atoms. The van der Waals surface area contributed by atoms with E-state index in [0.29, 0.717) is 24.3 Å². The van der Waals surface area contributed by atoms with Gasteiger partial charge in [0.15, 0.2) is 0 Å². The van der Waals surface area contributed by atoms with Crippen LogP contribution in [0.2, 0.25) is 0 Å². The first-order chi connectivity index (χ1) is 10.5. The van der Waals surface area contributed by atoms with Crippen molar-refractivity contribution >= 4 is 11.6 Å². The van der Waals surface area contributed by atoms with Crippen LogP contribution in [0.5, 0.6) is 0 Å². The molecule has 3 nitrogen and oxygen atoms in total. The molecule has 0 unspecified atom stereocenters. The molecule has 0 spiro atoms. The quantitative estimate of drug-likeness (QED) is 0.625. The summed E-state index contributed by atoms with van der Waals surface area (Å²) < 4.78 is 5.99. The van der Waals surface area contributed by atoms with E-state index in [-0.39, 0.29) is 13.0 Å². The van der Waals surface area contributed by atoms with Crippen molar-refractivity contribution in [3.05, 3.63) is 60.7 Å². The molecule has 1 aliphatic carbocycles. The van der Waals surface area contributed by atoms with Gasteiger partial charge in [0.05, 0.1) is 12.2 Å². The first kappa shape index (κ1) is 17.2. The molecule has 2 rings (SSSR count). The zero-order chi connectivity index (χ0) is 16.2. The number of benzene rings is 1. The van der Waals surface area contributed by atoms with Gasteiger partial charge in [-0.25, -0.2) is 0 Å². The van der Waals surface area contributed by atoms with E-state index in [9.17, 15) is 10.2 Å². The summed E-state index contributed by atoms with van der Waals surface area (Å²) in [6.45, 7) is 7.94. The van der Waals surface area contributed by atoms with Gasteiger partial charge >= 0.3 is 0 Å². The molecule has 4 heteroatoms. The molecule has 1 aromatic carbocycles. The number of hydrogen-bond acceptors (Lipinski definition) is 3. The van der Waals surface area contributed by atoms with Crippen molar-refractivity contribution in [1.82, 2.24) is 0 Å². The summed E-state index contributed by atoms with van der Waals surface area (Å²) in [7, 11) is 0. The van der Waals surface area contributed by atoms with Gasteiger partial charge in [-0.3, -0.25) is 0 Å². The summed E-state index contributed by atoms with van der Waals surface area (Å²) >= 11 is 5.78. The number of aliphatic hydroxyl groups is 2. The minimum absolute atomic E-state index is 0.271. The first-order valence-electron chi connectivity index (χ1n) is 7.42. The second kappa shape index (κ2) is 6.97. The third-order valence-corrected chi connectivity index (χ3v) is 4.35. The van der Waals surface area contributed by atoms with Crippen molar-refractivity contribution in [2.45, 2.75) is 36.6 Å². The van der Waals surface area contributed by atoms with E-state index >= 15 is 0 Å². The van der Waals surface area contributed by atoms with E-state index in [1.807, 2.05) is 30.3 Å². The van der Waals surface area contributed by atoms with Gasteiger partial charge in [0.2, 0.25) is 0 Å². The lowest BCUT2D eigenvalue weighted by Crippen LogP contribution is -2.54. The molecule has 3 atom stereocenters.